The number of nitrogens with two attached hydrogens (primary N) is 1. The number of hydrogen-bond donors (Lipinski definition) is 2. The third kappa shape index (κ3) is 2.20. The van der Waals surface area contributed by atoms with Crippen LogP contribution in [-0.2, 0) is 0 Å². The standard InChI is InChI=1S/C14H19N3O/c15-14(18)10-1-3-12(4-2-10)16-13-6-8-17-7-5-11(13)9-17/h1-4,11,13,16H,5-9H2,(H2,15,18). The van der Waals surface area contributed by atoms with Crippen molar-refractivity contribution >= 4 is 11.6 Å². The topological polar surface area (TPSA) is 58.4 Å². The molecule has 1 aromatic carbocycles. The van der Waals surface area contributed by atoms with E-state index in [1.165, 1.54) is 32.5 Å². The number of primary amides is 1. The van der Waals surface area contributed by atoms with E-state index in [0.29, 0.717) is 11.6 Å². The third-order valence-corrected chi connectivity index (χ3v) is 4.16. The van der Waals surface area contributed by atoms with Gasteiger partial charge in [0, 0.05) is 30.4 Å². The number of amides is 1. The molecule has 0 saturated carbocycles. The molecule has 0 aliphatic carbocycles. The molecule has 2 bridgehead atoms. The third-order valence-electron chi connectivity index (χ3n) is 4.16. The Morgan fingerprint density at radius 3 is 2.67 bits per heavy atom. The zero-order valence-corrected chi connectivity index (χ0v) is 10.4. The summed E-state index contributed by atoms with van der Waals surface area (Å²) in [6.07, 6.45) is 2.51. The second-order valence-corrected chi connectivity index (χ2v) is 5.33. The predicted octanol–water partition coefficient (Wildman–Crippen LogP) is 1.29. The molecule has 0 radical (unpaired) electrons. The van der Waals surface area contributed by atoms with Crippen LogP contribution in [0.15, 0.2) is 24.3 Å². The van der Waals surface area contributed by atoms with Crippen LogP contribution in [0.4, 0.5) is 5.69 Å². The van der Waals surface area contributed by atoms with Crippen molar-refractivity contribution in [1.29, 1.82) is 0 Å². The molecule has 3 N–H and O–H groups in total. The monoisotopic (exact) mass is 245 g/mol. The molecule has 3 rings (SSSR count). The lowest BCUT2D eigenvalue weighted by Gasteiger charge is -2.31. The molecule has 4 nitrogen and oxygen atoms in total. The van der Waals surface area contributed by atoms with E-state index < -0.39 is 0 Å². The highest BCUT2D eigenvalue weighted by atomic mass is 16.1. The van der Waals surface area contributed by atoms with Crippen LogP contribution >= 0.6 is 0 Å². The summed E-state index contributed by atoms with van der Waals surface area (Å²) in [4.78, 5) is 13.5. The van der Waals surface area contributed by atoms with Gasteiger partial charge in [-0.2, -0.15) is 0 Å². The van der Waals surface area contributed by atoms with Gasteiger partial charge >= 0.3 is 0 Å². The molecule has 2 aliphatic heterocycles. The lowest BCUT2D eigenvalue weighted by molar-refractivity contribution is 0.100. The smallest absolute Gasteiger partial charge is 0.248 e. The highest BCUT2D eigenvalue weighted by Gasteiger charge is 2.33. The molecule has 2 aliphatic rings. The summed E-state index contributed by atoms with van der Waals surface area (Å²) in [6.45, 7) is 3.69. The summed E-state index contributed by atoms with van der Waals surface area (Å²) in [5.41, 5.74) is 6.89. The molecule has 2 fully saturated rings. The number of hydrogen-bond acceptors (Lipinski definition) is 3. The quantitative estimate of drug-likeness (QED) is 0.843. The summed E-state index contributed by atoms with van der Waals surface area (Å²) in [7, 11) is 0. The van der Waals surface area contributed by atoms with Crippen LogP contribution in [-0.4, -0.2) is 36.5 Å². The zero-order chi connectivity index (χ0) is 12.5. The lowest BCUT2D eigenvalue weighted by Crippen LogP contribution is -2.39. The zero-order valence-electron chi connectivity index (χ0n) is 10.4. The van der Waals surface area contributed by atoms with E-state index in [0.717, 1.165) is 11.6 Å². The van der Waals surface area contributed by atoms with Crippen LogP contribution in [0.1, 0.15) is 23.2 Å². The van der Waals surface area contributed by atoms with Gasteiger partial charge in [-0.1, -0.05) is 0 Å². The van der Waals surface area contributed by atoms with Crippen molar-refractivity contribution in [2.24, 2.45) is 11.7 Å². The first-order chi connectivity index (χ1) is 8.72. The van der Waals surface area contributed by atoms with Crippen molar-refractivity contribution in [2.75, 3.05) is 25.0 Å². The van der Waals surface area contributed by atoms with Crippen LogP contribution in [0.5, 0.6) is 0 Å². The number of carbonyl (C=O) groups excluding carboxylic acids is 1. The summed E-state index contributed by atoms with van der Waals surface area (Å²) < 4.78 is 0. The molecule has 96 valence electrons. The van der Waals surface area contributed by atoms with E-state index in [1.54, 1.807) is 12.1 Å². The molecule has 1 amide bonds. The number of nitrogens with zero attached hydrogens (tertiary/aromatic N) is 1. The highest BCUT2D eigenvalue weighted by molar-refractivity contribution is 5.93. The molecular weight excluding hydrogens is 226 g/mol. The Labute approximate surface area is 107 Å². The Bertz CT molecular complexity index is 443. The van der Waals surface area contributed by atoms with Gasteiger partial charge in [-0.3, -0.25) is 4.79 Å². The first-order valence-corrected chi connectivity index (χ1v) is 6.61. The summed E-state index contributed by atoms with van der Waals surface area (Å²) in [5, 5.41) is 3.60. The fraction of sp³-hybridized carbons (Fsp3) is 0.500. The minimum absolute atomic E-state index is 0.370. The van der Waals surface area contributed by atoms with Crippen molar-refractivity contribution < 1.29 is 4.79 Å². The van der Waals surface area contributed by atoms with E-state index in [2.05, 4.69) is 10.2 Å². The van der Waals surface area contributed by atoms with Gasteiger partial charge in [0.1, 0.15) is 0 Å². The van der Waals surface area contributed by atoms with Crippen LogP contribution < -0.4 is 11.1 Å². The van der Waals surface area contributed by atoms with Crippen LogP contribution in [0.25, 0.3) is 0 Å². The molecular formula is C14H19N3O. The van der Waals surface area contributed by atoms with Crippen molar-refractivity contribution in [3.63, 3.8) is 0 Å². The van der Waals surface area contributed by atoms with Gasteiger partial charge in [-0.25, -0.2) is 0 Å². The van der Waals surface area contributed by atoms with Gasteiger partial charge < -0.3 is 16.0 Å². The minimum atomic E-state index is -0.370. The molecule has 0 aromatic heterocycles. The van der Waals surface area contributed by atoms with Crippen LogP contribution in [0.2, 0.25) is 0 Å². The fourth-order valence-electron chi connectivity index (χ4n) is 3.09. The fourth-order valence-corrected chi connectivity index (χ4v) is 3.09. The maximum Gasteiger partial charge on any atom is 0.248 e. The summed E-state index contributed by atoms with van der Waals surface area (Å²) in [6, 6.07) is 8.04. The van der Waals surface area contributed by atoms with Gasteiger partial charge in [0.25, 0.3) is 0 Å². The van der Waals surface area contributed by atoms with Crippen LogP contribution in [0.3, 0.4) is 0 Å². The number of piperidine rings is 1. The minimum Gasteiger partial charge on any atom is -0.382 e. The molecule has 2 heterocycles. The number of anilines is 1. The summed E-state index contributed by atoms with van der Waals surface area (Å²) >= 11 is 0. The number of fused-ring (bicyclic) bond motifs is 2. The maximum atomic E-state index is 11.0. The van der Waals surface area contributed by atoms with Crippen LogP contribution in [0, 0.1) is 5.92 Å². The van der Waals surface area contributed by atoms with Gasteiger partial charge in [0.2, 0.25) is 5.91 Å². The molecule has 18 heavy (non-hydrogen) atoms. The lowest BCUT2D eigenvalue weighted by atomic mass is 9.94. The number of rotatable bonds is 3. The predicted molar refractivity (Wildman–Crippen MR) is 71.5 cm³/mol. The first kappa shape index (κ1) is 11.5. The Balaban J connectivity index is 1.67. The maximum absolute atomic E-state index is 11.0. The average Bonchev–Trinajstić information content (AvgIpc) is 2.76. The number of benzene rings is 1. The second-order valence-electron chi connectivity index (χ2n) is 5.33. The average molecular weight is 245 g/mol. The SMILES string of the molecule is NC(=O)c1ccc(NC2CCN3CCC2C3)cc1. The summed E-state index contributed by atoms with van der Waals surface area (Å²) in [5.74, 6) is 0.403. The van der Waals surface area contributed by atoms with Gasteiger partial charge in [0.05, 0.1) is 0 Å². The molecule has 1 aromatic rings. The van der Waals surface area contributed by atoms with Crippen molar-refractivity contribution in [3.8, 4) is 0 Å². The van der Waals surface area contributed by atoms with Gasteiger partial charge in [-0.15, -0.1) is 0 Å². The largest absolute Gasteiger partial charge is 0.382 e. The molecule has 2 saturated heterocycles. The Kier molecular flexibility index (Phi) is 2.96. The normalized spacial score (nSPS) is 30.1. The van der Waals surface area contributed by atoms with Crippen molar-refractivity contribution in [2.45, 2.75) is 18.9 Å². The van der Waals surface area contributed by atoms with E-state index >= 15 is 0 Å². The van der Waals surface area contributed by atoms with Crippen molar-refractivity contribution in [3.05, 3.63) is 29.8 Å². The van der Waals surface area contributed by atoms with Gasteiger partial charge in [0.15, 0.2) is 0 Å². The Hall–Kier alpha value is -1.55. The molecule has 3 unspecified atom stereocenters. The molecule has 3 atom stereocenters. The number of carbonyl (C=O) groups is 1. The van der Waals surface area contributed by atoms with E-state index in [4.69, 9.17) is 5.73 Å². The number of nitrogens with one attached hydrogen (secondary N) is 1. The van der Waals surface area contributed by atoms with Crippen molar-refractivity contribution in [1.82, 2.24) is 4.90 Å². The Morgan fingerprint density at radius 1 is 1.22 bits per heavy atom. The van der Waals surface area contributed by atoms with E-state index in [9.17, 15) is 4.79 Å². The second kappa shape index (κ2) is 4.61. The Morgan fingerprint density at radius 2 is 1.94 bits per heavy atom. The molecule has 0 spiro atoms. The first-order valence-electron chi connectivity index (χ1n) is 6.61. The van der Waals surface area contributed by atoms with Gasteiger partial charge in [-0.05, 0) is 49.6 Å². The highest BCUT2D eigenvalue weighted by Crippen LogP contribution is 2.29. The molecule has 4 heteroatoms. The van der Waals surface area contributed by atoms with E-state index in [1.807, 2.05) is 12.1 Å². The van der Waals surface area contributed by atoms with E-state index in [-0.39, 0.29) is 5.91 Å².